The Hall–Kier alpha value is -3.52. The van der Waals surface area contributed by atoms with Gasteiger partial charge in [-0.25, -0.2) is 4.98 Å². The van der Waals surface area contributed by atoms with Crippen molar-refractivity contribution in [3.63, 3.8) is 0 Å². The molecule has 140 valence electrons. The molecule has 0 radical (unpaired) electrons. The van der Waals surface area contributed by atoms with Crippen LogP contribution >= 0.6 is 11.3 Å². The number of para-hydroxylation sites is 1. The van der Waals surface area contributed by atoms with Gasteiger partial charge in [-0.2, -0.15) is 0 Å². The van der Waals surface area contributed by atoms with Crippen molar-refractivity contribution in [2.45, 2.75) is 6.54 Å². The third-order valence-corrected chi connectivity index (χ3v) is 5.14. The Morgan fingerprint density at radius 2 is 1.79 bits per heavy atom. The SMILES string of the molecule is O=C(Cn1ccc2ccccc2c1=O)NCC(=O)Nc1nc2ccccc2s1. The van der Waals surface area contributed by atoms with Crippen LogP contribution in [-0.2, 0) is 16.1 Å². The first-order valence-corrected chi connectivity index (χ1v) is 9.42. The van der Waals surface area contributed by atoms with Crippen molar-refractivity contribution in [1.29, 1.82) is 0 Å². The zero-order valence-corrected chi connectivity index (χ0v) is 15.5. The fraction of sp³-hybridized carbons (Fsp3) is 0.100. The van der Waals surface area contributed by atoms with Gasteiger partial charge >= 0.3 is 0 Å². The van der Waals surface area contributed by atoms with Crippen LogP contribution in [0.1, 0.15) is 0 Å². The first kappa shape index (κ1) is 17.9. The molecule has 4 rings (SSSR count). The maximum atomic E-state index is 12.4. The standard InChI is InChI=1S/C20H16N4O3S/c25-17(23-20-22-15-7-3-4-8-16(15)28-20)11-21-18(26)12-24-10-9-13-5-1-2-6-14(13)19(24)27/h1-10H,11-12H2,(H,21,26)(H,22,23,25). The molecule has 0 saturated heterocycles. The van der Waals surface area contributed by atoms with E-state index in [0.717, 1.165) is 15.6 Å². The highest BCUT2D eigenvalue weighted by molar-refractivity contribution is 7.22. The van der Waals surface area contributed by atoms with Crippen molar-refractivity contribution in [3.8, 4) is 0 Å². The Morgan fingerprint density at radius 3 is 2.64 bits per heavy atom. The van der Waals surface area contributed by atoms with E-state index in [2.05, 4.69) is 15.6 Å². The molecule has 0 aliphatic rings. The molecule has 0 unspecified atom stereocenters. The lowest BCUT2D eigenvalue weighted by atomic mass is 10.2. The third-order valence-electron chi connectivity index (χ3n) is 4.19. The Bertz CT molecular complexity index is 1210. The molecule has 2 aromatic carbocycles. The predicted molar refractivity (Wildman–Crippen MR) is 109 cm³/mol. The van der Waals surface area contributed by atoms with E-state index < -0.39 is 5.91 Å². The number of anilines is 1. The molecule has 0 fully saturated rings. The van der Waals surface area contributed by atoms with Gasteiger partial charge in [-0.3, -0.25) is 14.4 Å². The van der Waals surface area contributed by atoms with Crippen LogP contribution in [0.2, 0.25) is 0 Å². The van der Waals surface area contributed by atoms with Crippen molar-refractivity contribution in [2.75, 3.05) is 11.9 Å². The van der Waals surface area contributed by atoms with Gasteiger partial charge in [-0.1, -0.05) is 41.7 Å². The highest BCUT2D eigenvalue weighted by Gasteiger charge is 2.11. The van der Waals surface area contributed by atoms with E-state index in [1.54, 1.807) is 24.4 Å². The van der Waals surface area contributed by atoms with Gasteiger partial charge in [0.15, 0.2) is 5.13 Å². The first-order valence-electron chi connectivity index (χ1n) is 8.60. The van der Waals surface area contributed by atoms with E-state index in [0.29, 0.717) is 10.5 Å². The summed E-state index contributed by atoms with van der Waals surface area (Å²) in [4.78, 5) is 40.9. The van der Waals surface area contributed by atoms with E-state index in [4.69, 9.17) is 0 Å². The second-order valence-electron chi connectivity index (χ2n) is 6.15. The van der Waals surface area contributed by atoms with Crippen LogP contribution in [0.15, 0.2) is 65.6 Å². The summed E-state index contributed by atoms with van der Waals surface area (Å²) >= 11 is 1.36. The molecule has 2 heterocycles. The fourth-order valence-electron chi connectivity index (χ4n) is 2.83. The van der Waals surface area contributed by atoms with Crippen molar-refractivity contribution in [1.82, 2.24) is 14.9 Å². The summed E-state index contributed by atoms with van der Waals surface area (Å²) in [6, 6.07) is 16.5. The minimum atomic E-state index is -0.420. The first-order chi connectivity index (χ1) is 13.6. The van der Waals surface area contributed by atoms with Crippen LogP contribution in [0.25, 0.3) is 21.0 Å². The van der Waals surface area contributed by atoms with Crippen molar-refractivity contribution >= 4 is 49.3 Å². The molecule has 0 aliphatic carbocycles. The number of nitrogens with zero attached hydrogens (tertiary/aromatic N) is 2. The quantitative estimate of drug-likeness (QED) is 0.545. The average Bonchev–Trinajstić information content (AvgIpc) is 3.11. The summed E-state index contributed by atoms with van der Waals surface area (Å²) in [6.45, 7) is -0.352. The van der Waals surface area contributed by atoms with E-state index in [1.165, 1.54) is 15.9 Å². The molecule has 0 bridgehead atoms. The molecule has 2 amide bonds. The van der Waals surface area contributed by atoms with Gasteiger partial charge in [0.1, 0.15) is 6.54 Å². The molecule has 8 heteroatoms. The minimum Gasteiger partial charge on any atom is -0.345 e. The van der Waals surface area contributed by atoms with Crippen LogP contribution in [-0.4, -0.2) is 27.9 Å². The number of carbonyl (C=O) groups excluding carboxylic acids is 2. The lowest BCUT2D eigenvalue weighted by Gasteiger charge is -2.08. The van der Waals surface area contributed by atoms with Crippen molar-refractivity contribution in [3.05, 3.63) is 71.1 Å². The predicted octanol–water partition coefficient (Wildman–Crippen LogP) is 2.37. The Kier molecular flexibility index (Phi) is 4.86. The number of rotatable bonds is 5. The average molecular weight is 392 g/mol. The largest absolute Gasteiger partial charge is 0.345 e. The van der Waals surface area contributed by atoms with Gasteiger partial charge < -0.3 is 15.2 Å². The normalized spacial score (nSPS) is 10.9. The number of hydrogen-bond donors (Lipinski definition) is 2. The van der Waals surface area contributed by atoms with Crippen LogP contribution in [0, 0.1) is 0 Å². The summed E-state index contributed by atoms with van der Waals surface area (Å²) < 4.78 is 2.29. The van der Waals surface area contributed by atoms with E-state index in [-0.39, 0.29) is 24.6 Å². The second-order valence-corrected chi connectivity index (χ2v) is 7.18. The molecule has 0 spiro atoms. The van der Waals surface area contributed by atoms with Crippen LogP contribution in [0.3, 0.4) is 0 Å². The number of carbonyl (C=O) groups is 2. The van der Waals surface area contributed by atoms with Gasteiger partial charge in [0, 0.05) is 11.6 Å². The highest BCUT2D eigenvalue weighted by Crippen LogP contribution is 2.25. The summed E-state index contributed by atoms with van der Waals surface area (Å²) in [5, 5.41) is 7.04. The third kappa shape index (κ3) is 3.77. The maximum absolute atomic E-state index is 12.4. The smallest absolute Gasteiger partial charge is 0.258 e. The van der Waals surface area contributed by atoms with Crippen molar-refractivity contribution in [2.24, 2.45) is 0 Å². The topological polar surface area (TPSA) is 93.1 Å². The Balaban J connectivity index is 1.36. The number of fused-ring (bicyclic) bond motifs is 2. The monoisotopic (exact) mass is 392 g/mol. The molecule has 2 N–H and O–H groups in total. The summed E-state index contributed by atoms with van der Waals surface area (Å²) in [6.07, 6.45) is 1.57. The maximum Gasteiger partial charge on any atom is 0.258 e. The lowest BCUT2D eigenvalue weighted by Crippen LogP contribution is -2.36. The van der Waals surface area contributed by atoms with E-state index in [1.807, 2.05) is 36.4 Å². The molecule has 0 atom stereocenters. The second kappa shape index (κ2) is 7.61. The number of amides is 2. The van der Waals surface area contributed by atoms with Gasteiger partial charge in [-0.15, -0.1) is 0 Å². The Morgan fingerprint density at radius 1 is 1.00 bits per heavy atom. The molecule has 28 heavy (non-hydrogen) atoms. The van der Waals surface area contributed by atoms with E-state index in [9.17, 15) is 14.4 Å². The number of nitrogens with one attached hydrogen (secondary N) is 2. The van der Waals surface area contributed by atoms with Gasteiger partial charge in [0.25, 0.3) is 5.56 Å². The summed E-state index contributed by atoms with van der Waals surface area (Å²) in [5.41, 5.74) is 0.565. The molecule has 4 aromatic rings. The van der Waals surface area contributed by atoms with Gasteiger partial charge in [0.05, 0.1) is 16.8 Å². The summed E-state index contributed by atoms with van der Waals surface area (Å²) in [7, 11) is 0. The molecule has 7 nitrogen and oxygen atoms in total. The lowest BCUT2D eigenvalue weighted by molar-refractivity contribution is -0.124. The number of pyridine rings is 1. The number of aromatic nitrogens is 2. The van der Waals surface area contributed by atoms with Crippen LogP contribution in [0.4, 0.5) is 5.13 Å². The zero-order chi connectivity index (χ0) is 19.5. The Labute approximate surface area is 163 Å². The number of benzene rings is 2. The minimum absolute atomic E-state index is 0.155. The van der Waals surface area contributed by atoms with Gasteiger partial charge in [0.2, 0.25) is 11.8 Å². The van der Waals surface area contributed by atoms with E-state index >= 15 is 0 Å². The fourth-order valence-corrected chi connectivity index (χ4v) is 3.71. The molecular weight excluding hydrogens is 376 g/mol. The van der Waals surface area contributed by atoms with Crippen LogP contribution < -0.4 is 16.2 Å². The van der Waals surface area contributed by atoms with Crippen LogP contribution in [0.5, 0.6) is 0 Å². The zero-order valence-electron chi connectivity index (χ0n) is 14.7. The molecule has 0 aliphatic heterocycles. The molecular formula is C20H16N4O3S. The molecule has 0 saturated carbocycles. The van der Waals surface area contributed by atoms with Crippen molar-refractivity contribution < 1.29 is 9.59 Å². The number of thiazole rings is 1. The number of hydrogen-bond acceptors (Lipinski definition) is 5. The molecule has 2 aromatic heterocycles. The summed E-state index contributed by atoms with van der Waals surface area (Å²) in [5.74, 6) is -0.796. The highest BCUT2D eigenvalue weighted by atomic mass is 32.1. The van der Waals surface area contributed by atoms with Gasteiger partial charge in [-0.05, 0) is 29.7 Å².